The van der Waals surface area contributed by atoms with Crippen molar-refractivity contribution >= 4 is 16.7 Å². The maximum Gasteiger partial charge on any atom is 0.342 e. The molecule has 2 aromatic carbocycles. The molecule has 84 valence electrons. The van der Waals surface area contributed by atoms with Gasteiger partial charge in [-0.15, -0.1) is 0 Å². The van der Waals surface area contributed by atoms with Gasteiger partial charge in [0.25, 0.3) is 0 Å². The van der Waals surface area contributed by atoms with E-state index < -0.39 is 5.97 Å². The van der Waals surface area contributed by atoms with E-state index in [9.17, 15) is 9.90 Å². The highest BCUT2D eigenvalue weighted by molar-refractivity contribution is 6.07. The first-order chi connectivity index (χ1) is 8.17. The molecule has 17 heavy (non-hydrogen) atoms. The number of esters is 1. The number of rotatable bonds is 1. The van der Waals surface area contributed by atoms with Crippen molar-refractivity contribution in [3.8, 4) is 11.8 Å². The Kier molecular flexibility index (Phi) is 2.67. The number of carbonyl (C=O) groups excluding carboxylic acids is 1. The van der Waals surface area contributed by atoms with Crippen molar-refractivity contribution in [2.24, 2.45) is 0 Å². The molecule has 1 N–H and O–H groups in total. The number of ether oxygens (including phenoxy) is 1. The van der Waals surface area contributed by atoms with Crippen molar-refractivity contribution < 1.29 is 14.6 Å². The van der Waals surface area contributed by atoms with Crippen molar-refractivity contribution in [3.63, 3.8) is 0 Å². The molecule has 0 radical (unpaired) electrons. The Balaban J connectivity index is 2.79. The summed E-state index contributed by atoms with van der Waals surface area (Å²) in [7, 11) is 1.25. The van der Waals surface area contributed by atoms with Gasteiger partial charge in [0.05, 0.1) is 18.7 Å². The second-order valence-corrected chi connectivity index (χ2v) is 3.50. The molecule has 0 heterocycles. The van der Waals surface area contributed by atoms with Crippen LogP contribution in [0.25, 0.3) is 10.8 Å². The van der Waals surface area contributed by atoms with Crippen LogP contribution in [0.3, 0.4) is 0 Å². The first kappa shape index (κ1) is 11.0. The zero-order valence-electron chi connectivity index (χ0n) is 9.10. The van der Waals surface area contributed by atoms with Crippen molar-refractivity contribution in [3.05, 3.63) is 41.5 Å². The van der Waals surface area contributed by atoms with Crippen LogP contribution in [0.4, 0.5) is 0 Å². The Labute approximate surface area is 97.7 Å². The molecule has 0 saturated carbocycles. The monoisotopic (exact) mass is 227 g/mol. The SMILES string of the molecule is COC(=O)c1c(O)ccc2cc(C#N)ccc12. The Morgan fingerprint density at radius 2 is 2.12 bits per heavy atom. The molecule has 0 spiro atoms. The maximum absolute atomic E-state index is 11.6. The molecule has 2 rings (SSSR count). The highest BCUT2D eigenvalue weighted by atomic mass is 16.5. The lowest BCUT2D eigenvalue weighted by molar-refractivity contribution is 0.0600. The topological polar surface area (TPSA) is 70.3 Å². The van der Waals surface area contributed by atoms with Gasteiger partial charge >= 0.3 is 5.97 Å². The standard InChI is InChI=1S/C13H9NO3/c1-17-13(16)12-10-4-2-8(7-14)6-9(10)3-5-11(12)15/h2-6,15H,1H3. The van der Waals surface area contributed by atoms with E-state index in [2.05, 4.69) is 4.74 Å². The van der Waals surface area contributed by atoms with Gasteiger partial charge in [0.15, 0.2) is 0 Å². The minimum atomic E-state index is -0.599. The molecule has 0 aliphatic heterocycles. The number of nitrogens with zero attached hydrogens (tertiary/aromatic N) is 1. The zero-order valence-corrected chi connectivity index (χ0v) is 9.10. The molecule has 0 bridgehead atoms. The number of benzene rings is 2. The van der Waals surface area contributed by atoms with Gasteiger partial charge in [-0.2, -0.15) is 5.26 Å². The predicted molar refractivity (Wildman–Crippen MR) is 61.7 cm³/mol. The summed E-state index contributed by atoms with van der Waals surface area (Å²) in [4.78, 5) is 11.6. The summed E-state index contributed by atoms with van der Waals surface area (Å²) in [6, 6.07) is 9.95. The lowest BCUT2D eigenvalue weighted by atomic mass is 10.0. The van der Waals surface area contributed by atoms with E-state index in [1.807, 2.05) is 6.07 Å². The van der Waals surface area contributed by atoms with Gasteiger partial charge in [-0.25, -0.2) is 4.79 Å². The minimum absolute atomic E-state index is 0.120. The Morgan fingerprint density at radius 1 is 1.35 bits per heavy atom. The summed E-state index contributed by atoms with van der Waals surface area (Å²) in [6.07, 6.45) is 0. The average Bonchev–Trinajstić information content (AvgIpc) is 2.37. The number of fused-ring (bicyclic) bond motifs is 1. The van der Waals surface area contributed by atoms with Crippen LogP contribution in [0.5, 0.6) is 5.75 Å². The van der Waals surface area contributed by atoms with Gasteiger partial charge in [0, 0.05) is 5.39 Å². The number of phenolic OH excluding ortho intramolecular Hbond substituents is 1. The predicted octanol–water partition coefficient (Wildman–Crippen LogP) is 2.20. The van der Waals surface area contributed by atoms with Crippen LogP contribution < -0.4 is 0 Å². The third-order valence-corrected chi connectivity index (χ3v) is 2.52. The summed E-state index contributed by atoms with van der Waals surface area (Å²) in [5.41, 5.74) is 0.619. The molecule has 0 aliphatic carbocycles. The Morgan fingerprint density at radius 3 is 2.76 bits per heavy atom. The molecule has 0 aromatic heterocycles. The smallest absolute Gasteiger partial charge is 0.342 e. The van der Waals surface area contributed by atoms with E-state index >= 15 is 0 Å². The summed E-state index contributed by atoms with van der Waals surface area (Å²) < 4.78 is 4.62. The molecule has 2 aromatic rings. The highest BCUT2D eigenvalue weighted by Crippen LogP contribution is 2.28. The molecule has 0 fully saturated rings. The van der Waals surface area contributed by atoms with E-state index in [-0.39, 0.29) is 11.3 Å². The van der Waals surface area contributed by atoms with E-state index in [1.54, 1.807) is 24.3 Å². The number of phenols is 1. The van der Waals surface area contributed by atoms with Gasteiger partial charge in [0.1, 0.15) is 11.3 Å². The molecular weight excluding hydrogens is 218 g/mol. The fourth-order valence-electron chi connectivity index (χ4n) is 1.70. The van der Waals surface area contributed by atoms with Gasteiger partial charge in [0.2, 0.25) is 0 Å². The van der Waals surface area contributed by atoms with Gasteiger partial charge in [-0.1, -0.05) is 12.1 Å². The quantitative estimate of drug-likeness (QED) is 0.758. The lowest BCUT2D eigenvalue weighted by Crippen LogP contribution is -2.02. The zero-order chi connectivity index (χ0) is 12.4. The van der Waals surface area contributed by atoms with Gasteiger partial charge in [-0.3, -0.25) is 0 Å². The van der Waals surface area contributed by atoms with Crippen LogP contribution in [0.1, 0.15) is 15.9 Å². The third kappa shape index (κ3) is 1.79. The number of methoxy groups -OCH3 is 1. The number of hydrogen-bond donors (Lipinski definition) is 1. The molecule has 0 saturated heterocycles. The highest BCUT2D eigenvalue weighted by Gasteiger charge is 2.15. The molecule has 0 amide bonds. The second-order valence-electron chi connectivity index (χ2n) is 3.50. The maximum atomic E-state index is 11.6. The summed E-state index contributed by atoms with van der Waals surface area (Å²) in [6.45, 7) is 0. The van der Waals surface area contributed by atoms with E-state index in [4.69, 9.17) is 5.26 Å². The van der Waals surface area contributed by atoms with E-state index in [1.165, 1.54) is 13.2 Å². The number of hydrogen-bond acceptors (Lipinski definition) is 4. The summed E-state index contributed by atoms with van der Waals surface area (Å²) >= 11 is 0. The minimum Gasteiger partial charge on any atom is -0.507 e. The number of nitriles is 1. The second kappa shape index (κ2) is 4.14. The molecule has 0 unspecified atom stereocenters. The van der Waals surface area contributed by atoms with Gasteiger partial charge in [-0.05, 0) is 23.6 Å². The van der Waals surface area contributed by atoms with Crippen molar-refractivity contribution in [2.75, 3.05) is 7.11 Å². The first-order valence-corrected chi connectivity index (χ1v) is 4.91. The van der Waals surface area contributed by atoms with Crippen molar-refractivity contribution in [1.29, 1.82) is 5.26 Å². The van der Waals surface area contributed by atoms with Gasteiger partial charge < -0.3 is 9.84 Å². The Bertz CT molecular complexity index is 641. The molecule has 0 aliphatic rings. The largest absolute Gasteiger partial charge is 0.507 e. The molecule has 0 atom stereocenters. The molecule has 4 nitrogen and oxygen atoms in total. The van der Waals surface area contributed by atoms with Crippen LogP contribution in [0.2, 0.25) is 0 Å². The first-order valence-electron chi connectivity index (χ1n) is 4.91. The summed E-state index contributed by atoms with van der Waals surface area (Å²) in [5.74, 6) is -0.730. The fourth-order valence-corrected chi connectivity index (χ4v) is 1.70. The number of aromatic hydroxyl groups is 1. The van der Waals surface area contributed by atoms with Crippen LogP contribution in [0, 0.1) is 11.3 Å². The fraction of sp³-hybridized carbons (Fsp3) is 0.0769. The average molecular weight is 227 g/mol. The van der Waals surface area contributed by atoms with E-state index in [0.717, 1.165) is 0 Å². The van der Waals surface area contributed by atoms with E-state index in [0.29, 0.717) is 16.3 Å². The Hall–Kier alpha value is -2.54. The van der Waals surface area contributed by atoms with Crippen LogP contribution in [-0.2, 0) is 4.74 Å². The molecule has 4 heteroatoms. The molecular formula is C13H9NO3. The van der Waals surface area contributed by atoms with Crippen LogP contribution in [-0.4, -0.2) is 18.2 Å². The van der Waals surface area contributed by atoms with Crippen LogP contribution >= 0.6 is 0 Å². The van der Waals surface area contributed by atoms with Crippen LogP contribution in [0.15, 0.2) is 30.3 Å². The van der Waals surface area contributed by atoms with Crippen molar-refractivity contribution in [1.82, 2.24) is 0 Å². The third-order valence-electron chi connectivity index (χ3n) is 2.52. The summed E-state index contributed by atoms with van der Waals surface area (Å²) in [5, 5.41) is 19.7. The number of carbonyl (C=O) groups is 1. The van der Waals surface area contributed by atoms with Crippen molar-refractivity contribution in [2.45, 2.75) is 0 Å². The lowest BCUT2D eigenvalue weighted by Gasteiger charge is -2.07. The normalized spacial score (nSPS) is 9.88.